The number of amides is 1. The van der Waals surface area contributed by atoms with Crippen LogP contribution < -0.4 is 22.4 Å². The van der Waals surface area contributed by atoms with E-state index in [0.29, 0.717) is 11.1 Å². The summed E-state index contributed by atoms with van der Waals surface area (Å²) >= 11 is 0. The van der Waals surface area contributed by atoms with Gasteiger partial charge in [-0.1, -0.05) is 0 Å². The van der Waals surface area contributed by atoms with Crippen molar-refractivity contribution in [2.24, 2.45) is 5.84 Å². The first kappa shape index (κ1) is 12.2. The standard InChI is InChI=1S/C9H14N4O3/c1-4-5(2)9(16)13(12-7(4)14)6(3)8(15)11-10/h6H,10H2,1-3H3,(H,11,15)(H,12,14). The number of nitrogens with two attached hydrogens (primary N) is 1. The van der Waals surface area contributed by atoms with Gasteiger partial charge >= 0.3 is 0 Å². The minimum atomic E-state index is -0.857. The molecule has 1 rings (SSSR count). The Labute approximate surface area is 91.2 Å². The van der Waals surface area contributed by atoms with E-state index >= 15 is 0 Å². The predicted octanol–water partition coefficient (Wildman–Crippen LogP) is -1.30. The fourth-order valence-corrected chi connectivity index (χ4v) is 1.27. The molecule has 1 atom stereocenters. The van der Waals surface area contributed by atoms with E-state index in [-0.39, 0.29) is 0 Å². The number of hydrazine groups is 1. The lowest BCUT2D eigenvalue weighted by Crippen LogP contribution is -2.43. The van der Waals surface area contributed by atoms with Crippen LogP contribution in [-0.4, -0.2) is 15.7 Å². The quantitative estimate of drug-likeness (QED) is 0.331. The van der Waals surface area contributed by atoms with Gasteiger partial charge in [0.05, 0.1) is 0 Å². The molecule has 4 N–H and O–H groups in total. The highest BCUT2D eigenvalue weighted by Gasteiger charge is 2.17. The van der Waals surface area contributed by atoms with Gasteiger partial charge in [0.1, 0.15) is 6.04 Å². The molecule has 0 bridgehead atoms. The van der Waals surface area contributed by atoms with Crippen LogP contribution in [0.25, 0.3) is 0 Å². The summed E-state index contributed by atoms with van der Waals surface area (Å²) in [6.07, 6.45) is 0. The van der Waals surface area contributed by atoms with Gasteiger partial charge in [-0.25, -0.2) is 10.5 Å². The lowest BCUT2D eigenvalue weighted by atomic mass is 10.2. The molecule has 88 valence electrons. The lowest BCUT2D eigenvalue weighted by Gasteiger charge is -2.14. The van der Waals surface area contributed by atoms with Crippen LogP contribution in [0.5, 0.6) is 0 Å². The first-order valence-corrected chi connectivity index (χ1v) is 4.72. The van der Waals surface area contributed by atoms with Crippen molar-refractivity contribution < 1.29 is 4.79 Å². The third kappa shape index (κ3) is 1.89. The van der Waals surface area contributed by atoms with Gasteiger partial charge < -0.3 is 0 Å². The Kier molecular flexibility index (Phi) is 3.28. The van der Waals surface area contributed by atoms with Crippen molar-refractivity contribution in [1.29, 1.82) is 0 Å². The number of H-pyrrole nitrogens is 1. The van der Waals surface area contributed by atoms with Crippen LogP contribution in [0.1, 0.15) is 24.1 Å². The maximum absolute atomic E-state index is 11.8. The molecule has 0 saturated carbocycles. The molecule has 0 radical (unpaired) electrons. The number of nitrogens with one attached hydrogen (secondary N) is 2. The van der Waals surface area contributed by atoms with Gasteiger partial charge in [0.25, 0.3) is 17.0 Å². The van der Waals surface area contributed by atoms with E-state index in [1.54, 1.807) is 6.92 Å². The maximum Gasteiger partial charge on any atom is 0.269 e. The molecular formula is C9H14N4O3. The molecule has 1 unspecified atom stereocenters. The molecule has 0 saturated heterocycles. The third-order valence-corrected chi connectivity index (χ3v) is 2.57. The van der Waals surface area contributed by atoms with Crippen molar-refractivity contribution in [2.45, 2.75) is 26.8 Å². The summed E-state index contributed by atoms with van der Waals surface area (Å²) in [5, 5.41) is 2.33. The average Bonchev–Trinajstić information content (AvgIpc) is 2.29. The van der Waals surface area contributed by atoms with Crippen LogP contribution in [0.15, 0.2) is 9.59 Å². The van der Waals surface area contributed by atoms with Crippen LogP contribution >= 0.6 is 0 Å². The molecule has 1 aromatic heterocycles. The first-order chi connectivity index (χ1) is 7.40. The summed E-state index contributed by atoms with van der Waals surface area (Å²) in [6.45, 7) is 4.55. The fraction of sp³-hybridized carbons (Fsp3) is 0.444. The molecule has 7 heteroatoms. The topological polar surface area (TPSA) is 110 Å². The van der Waals surface area contributed by atoms with Crippen molar-refractivity contribution in [3.63, 3.8) is 0 Å². The summed E-state index contributed by atoms with van der Waals surface area (Å²) in [5.41, 5.74) is 1.79. The van der Waals surface area contributed by atoms with Crippen molar-refractivity contribution in [1.82, 2.24) is 15.2 Å². The maximum atomic E-state index is 11.8. The number of carbonyl (C=O) groups is 1. The van der Waals surface area contributed by atoms with E-state index in [1.807, 2.05) is 5.43 Å². The Bertz CT molecular complexity index is 529. The van der Waals surface area contributed by atoms with E-state index in [0.717, 1.165) is 4.68 Å². The number of aromatic amines is 1. The molecule has 0 aliphatic carbocycles. The molecule has 1 amide bonds. The number of rotatable bonds is 2. The number of hydrogen-bond acceptors (Lipinski definition) is 4. The lowest BCUT2D eigenvalue weighted by molar-refractivity contribution is -0.124. The second kappa shape index (κ2) is 4.31. The Morgan fingerprint density at radius 1 is 1.38 bits per heavy atom. The molecule has 0 spiro atoms. The predicted molar refractivity (Wildman–Crippen MR) is 57.8 cm³/mol. The van der Waals surface area contributed by atoms with E-state index < -0.39 is 23.1 Å². The molecule has 0 fully saturated rings. The Hall–Kier alpha value is -1.89. The van der Waals surface area contributed by atoms with Gasteiger partial charge in [-0.05, 0) is 20.8 Å². The van der Waals surface area contributed by atoms with Crippen LogP contribution in [0.3, 0.4) is 0 Å². The van der Waals surface area contributed by atoms with E-state index in [4.69, 9.17) is 5.84 Å². The van der Waals surface area contributed by atoms with Gasteiger partial charge in [0.2, 0.25) is 0 Å². The zero-order valence-electron chi connectivity index (χ0n) is 9.33. The van der Waals surface area contributed by atoms with Crippen molar-refractivity contribution in [2.75, 3.05) is 0 Å². The fourth-order valence-electron chi connectivity index (χ4n) is 1.27. The van der Waals surface area contributed by atoms with Gasteiger partial charge in [-0.3, -0.25) is 24.9 Å². The minimum absolute atomic E-state index is 0.320. The first-order valence-electron chi connectivity index (χ1n) is 4.72. The van der Waals surface area contributed by atoms with Crippen molar-refractivity contribution >= 4 is 5.91 Å². The summed E-state index contributed by atoms with van der Waals surface area (Å²) in [6, 6.07) is -0.857. The molecule has 0 aliphatic heterocycles. The molecular weight excluding hydrogens is 212 g/mol. The second-order valence-corrected chi connectivity index (χ2v) is 3.55. The minimum Gasteiger partial charge on any atom is -0.292 e. The average molecular weight is 226 g/mol. The molecule has 16 heavy (non-hydrogen) atoms. The Morgan fingerprint density at radius 3 is 2.44 bits per heavy atom. The zero-order valence-corrected chi connectivity index (χ0v) is 9.33. The zero-order chi connectivity index (χ0) is 12.5. The summed E-state index contributed by atoms with van der Waals surface area (Å²) < 4.78 is 0.965. The SMILES string of the molecule is Cc1c(C)c(=O)n(C(C)C(=O)NN)[nH]c1=O. The normalized spacial score (nSPS) is 12.2. The van der Waals surface area contributed by atoms with Gasteiger partial charge in [-0.2, -0.15) is 0 Å². The van der Waals surface area contributed by atoms with Crippen LogP contribution in [0, 0.1) is 13.8 Å². The summed E-state index contributed by atoms with van der Waals surface area (Å²) in [7, 11) is 0. The molecule has 0 aromatic carbocycles. The Balaban J connectivity index is 3.43. The van der Waals surface area contributed by atoms with Crippen LogP contribution in [0.4, 0.5) is 0 Å². The monoisotopic (exact) mass is 226 g/mol. The van der Waals surface area contributed by atoms with Crippen molar-refractivity contribution in [3.05, 3.63) is 31.8 Å². The number of carbonyl (C=O) groups excluding carboxylic acids is 1. The van der Waals surface area contributed by atoms with Crippen LogP contribution in [-0.2, 0) is 4.79 Å². The Morgan fingerprint density at radius 2 is 1.94 bits per heavy atom. The number of aromatic nitrogens is 2. The number of nitrogens with zero attached hydrogens (tertiary/aromatic N) is 1. The second-order valence-electron chi connectivity index (χ2n) is 3.55. The van der Waals surface area contributed by atoms with E-state index in [1.165, 1.54) is 13.8 Å². The third-order valence-electron chi connectivity index (χ3n) is 2.57. The summed E-state index contributed by atoms with van der Waals surface area (Å²) in [4.78, 5) is 34.5. The number of hydrogen-bond donors (Lipinski definition) is 3. The van der Waals surface area contributed by atoms with Gasteiger partial charge in [0, 0.05) is 11.1 Å². The smallest absolute Gasteiger partial charge is 0.269 e. The highest BCUT2D eigenvalue weighted by molar-refractivity contribution is 5.79. The molecule has 1 heterocycles. The van der Waals surface area contributed by atoms with E-state index in [9.17, 15) is 14.4 Å². The molecule has 7 nitrogen and oxygen atoms in total. The summed E-state index contributed by atoms with van der Waals surface area (Å²) in [5.74, 6) is 4.40. The van der Waals surface area contributed by atoms with Crippen molar-refractivity contribution in [3.8, 4) is 0 Å². The van der Waals surface area contributed by atoms with E-state index in [2.05, 4.69) is 5.10 Å². The molecule has 0 aliphatic rings. The highest BCUT2D eigenvalue weighted by atomic mass is 16.2. The highest BCUT2D eigenvalue weighted by Crippen LogP contribution is 2.00. The van der Waals surface area contributed by atoms with Gasteiger partial charge in [-0.15, -0.1) is 0 Å². The van der Waals surface area contributed by atoms with Crippen LogP contribution in [0.2, 0.25) is 0 Å². The molecule has 1 aromatic rings. The largest absolute Gasteiger partial charge is 0.292 e. The van der Waals surface area contributed by atoms with Gasteiger partial charge in [0.15, 0.2) is 0 Å².